The van der Waals surface area contributed by atoms with Gasteiger partial charge in [0.1, 0.15) is 0 Å². The predicted octanol–water partition coefficient (Wildman–Crippen LogP) is 1.99. The lowest BCUT2D eigenvalue weighted by Gasteiger charge is -2.41. The maximum Gasteiger partial charge on any atom is 0.221 e. The highest BCUT2D eigenvalue weighted by atomic mass is 16.1. The van der Waals surface area contributed by atoms with E-state index in [1.807, 2.05) is 13.8 Å². The van der Waals surface area contributed by atoms with Crippen molar-refractivity contribution in [2.45, 2.75) is 66.0 Å². The average Bonchev–Trinajstić information content (AvgIpc) is 2.34. The number of carbonyl (C=O) groups is 1. The average molecular weight is 283 g/mol. The Morgan fingerprint density at radius 3 is 2.25 bits per heavy atom. The Labute approximate surface area is 124 Å². The van der Waals surface area contributed by atoms with Crippen LogP contribution in [0.4, 0.5) is 0 Å². The fourth-order valence-corrected chi connectivity index (χ4v) is 3.09. The number of hydrogen-bond acceptors (Lipinski definition) is 3. The van der Waals surface area contributed by atoms with Crippen molar-refractivity contribution in [3.05, 3.63) is 0 Å². The molecule has 3 N–H and O–H groups in total. The van der Waals surface area contributed by atoms with Crippen molar-refractivity contribution in [1.29, 1.82) is 0 Å². The zero-order valence-electron chi connectivity index (χ0n) is 13.9. The summed E-state index contributed by atoms with van der Waals surface area (Å²) in [5.74, 6) is 0.898. The molecule has 0 radical (unpaired) electrons. The lowest BCUT2D eigenvalue weighted by Crippen LogP contribution is -2.49. The summed E-state index contributed by atoms with van der Waals surface area (Å²) < 4.78 is 0. The monoisotopic (exact) mass is 283 g/mol. The summed E-state index contributed by atoms with van der Waals surface area (Å²) in [6.45, 7) is 13.6. The van der Waals surface area contributed by atoms with E-state index in [0.29, 0.717) is 18.4 Å². The molecule has 4 nitrogen and oxygen atoms in total. The van der Waals surface area contributed by atoms with Gasteiger partial charge in [0.2, 0.25) is 5.91 Å². The molecule has 0 aromatic heterocycles. The molecule has 1 amide bonds. The van der Waals surface area contributed by atoms with Gasteiger partial charge < -0.3 is 11.1 Å². The fourth-order valence-electron chi connectivity index (χ4n) is 3.09. The number of nitrogens with one attached hydrogen (secondary N) is 1. The van der Waals surface area contributed by atoms with E-state index in [0.717, 1.165) is 19.0 Å². The zero-order valence-corrected chi connectivity index (χ0v) is 13.9. The summed E-state index contributed by atoms with van der Waals surface area (Å²) in [6.07, 6.45) is 2.95. The van der Waals surface area contributed by atoms with Gasteiger partial charge in [-0.2, -0.15) is 0 Å². The minimum absolute atomic E-state index is 0.119. The van der Waals surface area contributed by atoms with Crippen LogP contribution in [-0.2, 0) is 4.79 Å². The summed E-state index contributed by atoms with van der Waals surface area (Å²) in [5.41, 5.74) is 6.27. The molecule has 0 aliphatic carbocycles. The van der Waals surface area contributed by atoms with E-state index in [9.17, 15) is 4.79 Å². The number of piperidine rings is 1. The van der Waals surface area contributed by atoms with Gasteiger partial charge in [-0.05, 0) is 51.1 Å². The standard InChI is InChI=1S/C16H33N3O/c1-12(2)18-15(20)10-14(11-17)19-8-6-13(7-9-19)16(3,4)5/h12-14H,6-11,17H2,1-5H3,(H,18,20). The summed E-state index contributed by atoms with van der Waals surface area (Å²) >= 11 is 0. The van der Waals surface area contributed by atoms with E-state index in [1.54, 1.807) is 0 Å². The van der Waals surface area contributed by atoms with Crippen LogP contribution >= 0.6 is 0 Å². The van der Waals surface area contributed by atoms with Crippen LogP contribution in [-0.4, -0.2) is 42.5 Å². The topological polar surface area (TPSA) is 58.4 Å². The number of rotatable bonds is 5. The molecule has 1 fully saturated rings. The van der Waals surface area contributed by atoms with Gasteiger partial charge in [0.15, 0.2) is 0 Å². The highest BCUT2D eigenvalue weighted by molar-refractivity contribution is 5.76. The zero-order chi connectivity index (χ0) is 15.3. The molecule has 1 aliphatic rings. The molecule has 0 bridgehead atoms. The number of likely N-dealkylation sites (tertiary alicyclic amines) is 1. The van der Waals surface area contributed by atoms with Crippen molar-refractivity contribution in [2.75, 3.05) is 19.6 Å². The molecular formula is C16H33N3O. The van der Waals surface area contributed by atoms with E-state index in [-0.39, 0.29) is 18.0 Å². The van der Waals surface area contributed by atoms with Crippen LogP contribution in [0.3, 0.4) is 0 Å². The first-order valence-corrected chi connectivity index (χ1v) is 7.97. The molecule has 0 saturated carbocycles. The molecule has 1 unspecified atom stereocenters. The second kappa shape index (κ2) is 7.41. The van der Waals surface area contributed by atoms with Crippen LogP contribution in [0.25, 0.3) is 0 Å². The summed E-state index contributed by atoms with van der Waals surface area (Å²) in [5, 5.41) is 2.96. The van der Waals surface area contributed by atoms with E-state index >= 15 is 0 Å². The van der Waals surface area contributed by atoms with Crippen molar-refractivity contribution in [3.8, 4) is 0 Å². The van der Waals surface area contributed by atoms with Gasteiger partial charge in [0, 0.05) is 25.0 Å². The van der Waals surface area contributed by atoms with Crippen LogP contribution in [0.15, 0.2) is 0 Å². The molecule has 20 heavy (non-hydrogen) atoms. The van der Waals surface area contributed by atoms with E-state index in [2.05, 4.69) is 31.0 Å². The molecule has 118 valence electrons. The number of amides is 1. The first-order valence-electron chi connectivity index (χ1n) is 7.97. The Hall–Kier alpha value is -0.610. The summed E-state index contributed by atoms with van der Waals surface area (Å²) in [4.78, 5) is 14.3. The van der Waals surface area contributed by atoms with Crippen molar-refractivity contribution in [2.24, 2.45) is 17.1 Å². The van der Waals surface area contributed by atoms with Gasteiger partial charge >= 0.3 is 0 Å². The fraction of sp³-hybridized carbons (Fsp3) is 0.938. The van der Waals surface area contributed by atoms with Gasteiger partial charge in [-0.15, -0.1) is 0 Å². The van der Waals surface area contributed by atoms with Gasteiger partial charge in [-0.25, -0.2) is 0 Å². The van der Waals surface area contributed by atoms with Crippen molar-refractivity contribution < 1.29 is 4.79 Å². The van der Waals surface area contributed by atoms with E-state index < -0.39 is 0 Å². The number of nitrogens with two attached hydrogens (primary N) is 1. The third-order valence-corrected chi connectivity index (χ3v) is 4.41. The quantitative estimate of drug-likeness (QED) is 0.811. The maximum absolute atomic E-state index is 11.9. The van der Waals surface area contributed by atoms with Gasteiger partial charge in [-0.3, -0.25) is 9.69 Å². The van der Waals surface area contributed by atoms with Crippen molar-refractivity contribution in [1.82, 2.24) is 10.2 Å². The van der Waals surface area contributed by atoms with Gasteiger partial charge in [0.25, 0.3) is 0 Å². The molecule has 1 saturated heterocycles. The highest BCUT2D eigenvalue weighted by Gasteiger charge is 2.31. The van der Waals surface area contributed by atoms with Crippen LogP contribution in [0.1, 0.15) is 53.9 Å². The molecule has 0 aromatic rings. The van der Waals surface area contributed by atoms with E-state index in [4.69, 9.17) is 5.73 Å². The van der Waals surface area contributed by atoms with Crippen molar-refractivity contribution >= 4 is 5.91 Å². The second-order valence-electron chi connectivity index (χ2n) is 7.49. The largest absolute Gasteiger partial charge is 0.354 e. The molecule has 0 aromatic carbocycles. The van der Waals surface area contributed by atoms with Crippen molar-refractivity contribution in [3.63, 3.8) is 0 Å². The number of nitrogens with zero attached hydrogens (tertiary/aromatic N) is 1. The summed E-state index contributed by atoms with van der Waals surface area (Å²) in [6, 6.07) is 0.391. The Morgan fingerprint density at radius 2 is 1.85 bits per heavy atom. The third-order valence-electron chi connectivity index (χ3n) is 4.41. The Bertz CT molecular complexity index is 301. The lowest BCUT2D eigenvalue weighted by atomic mass is 9.75. The molecular weight excluding hydrogens is 250 g/mol. The SMILES string of the molecule is CC(C)NC(=O)CC(CN)N1CCC(C(C)(C)C)CC1. The predicted molar refractivity (Wildman–Crippen MR) is 84.5 cm³/mol. The minimum Gasteiger partial charge on any atom is -0.354 e. The van der Waals surface area contributed by atoms with Crippen LogP contribution < -0.4 is 11.1 Å². The maximum atomic E-state index is 11.9. The molecule has 1 heterocycles. The normalized spacial score (nSPS) is 20.1. The van der Waals surface area contributed by atoms with Crippen LogP contribution in [0, 0.1) is 11.3 Å². The Balaban J connectivity index is 2.46. The molecule has 1 aliphatic heterocycles. The van der Waals surface area contributed by atoms with E-state index in [1.165, 1.54) is 12.8 Å². The highest BCUT2D eigenvalue weighted by Crippen LogP contribution is 2.34. The third kappa shape index (κ3) is 5.41. The Morgan fingerprint density at radius 1 is 1.30 bits per heavy atom. The molecule has 4 heteroatoms. The first-order chi connectivity index (χ1) is 9.24. The molecule has 1 atom stereocenters. The Kier molecular flexibility index (Phi) is 6.46. The number of hydrogen-bond donors (Lipinski definition) is 2. The molecule has 1 rings (SSSR count). The second-order valence-corrected chi connectivity index (χ2v) is 7.49. The van der Waals surface area contributed by atoms with Gasteiger partial charge in [-0.1, -0.05) is 20.8 Å². The molecule has 0 spiro atoms. The first kappa shape index (κ1) is 17.4. The van der Waals surface area contributed by atoms with Gasteiger partial charge in [0.05, 0.1) is 0 Å². The minimum atomic E-state index is 0.119. The number of carbonyl (C=O) groups excluding carboxylic acids is 1. The summed E-state index contributed by atoms with van der Waals surface area (Å²) in [7, 11) is 0. The lowest BCUT2D eigenvalue weighted by molar-refractivity contribution is -0.123. The van der Waals surface area contributed by atoms with Crippen LogP contribution in [0.5, 0.6) is 0 Å². The van der Waals surface area contributed by atoms with Crippen LogP contribution in [0.2, 0.25) is 0 Å². The smallest absolute Gasteiger partial charge is 0.221 e.